The highest BCUT2D eigenvalue weighted by Crippen LogP contribution is 2.34. The molecule has 1 amide bonds. The standard InChI is InChI=1S/C20H21N5O2/c1-14-11-16(8-9-18(14)25-13-21-22-23-25)20(26)24-10-4-7-19(24)15-5-3-6-17(12-15)27-2/h3,5-6,8-9,11-13,19H,4,7,10H2,1-2H3. The lowest BCUT2D eigenvalue weighted by atomic mass is 10.0. The number of benzene rings is 2. The van der Waals surface area contributed by atoms with Gasteiger partial charge >= 0.3 is 0 Å². The number of likely N-dealkylation sites (tertiary alicyclic amines) is 1. The number of tetrazole rings is 1. The summed E-state index contributed by atoms with van der Waals surface area (Å²) in [5, 5.41) is 11.2. The van der Waals surface area contributed by atoms with E-state index in [-0.39, 0.29) is 11.9 Å². The lowest BCUT2D eigenvalue weighted by molar-refractivity contribution is 0.0735. The smallest absolute Gasteiger partial charge is 0.254 e. The van der Waals surface area contributed by atoms with Crippen LogP contribution in [0.5, 0.6) is 5.75 Å². The van der Waals surface area contributed by atoms with Gasteiger partial charge in [0.25, 0.3) is 5.91 Å². The van der Waals surface area contributed by atoms with Crippen molar-refractivity contribution in [2.24, 2.45) is 0 Å². The molecular formula is C20H21N5O2. The van der Waals surface area contributed by atoms with Gasteiger partial charge in [-0.05, 0) is 71.7 Å². The molecule has 1 aliphatic heterocycles. The van der Waals surface area contributed by atoms with Gasteiger partial charge in [0.05, 0.1) is 18.8 Å². The summed E-state index contributed by atoms with van der Waals surface area (Å²) in [6.07, 6.45) is 3.50. The van der Waals surface area contributed by atoms with Crippen molar-refractivity contribution in [1.82, 2.24) is 25.1 Å². The molecule has 0 N–H and O–H groups in total. The summed E-state index contributed by atoms with van der Waals surface area (Å²) in [7, 11) is 1.66. The van der Waals surface area contributed by atoms with Gasteiger partial charge in [0.1, 0.15) is 12.1 Å². The van der Waals surface area contributed by atoms with Crippen molar-refractivity contribution in [2.75, 3.05) is 13.7 Å². The van der Waals surface area contributed by atoms with E-state index in [0.717, 1.165) is 42.0 Å². The van der Waals surface area contributed by atoms with E-state index in [1.54, 1.807) is 18.1 Å². The van der Waals surface area contributed by atoms with E-state index in [0.29, 0.717) is 5.56 Å². The minimum absolute atomic E-state index is 0.0479. The molecule has 1 fully saturated rings. The number of hydrogen-bond acceptors (Lipinski definition) is 5. The lowest BCUT2D eigenvalue weighted by Crippen LogP contribution is -2.30. The van der Waals surface area contributed by atoms with Crippen molar-refractivity contribution < 1.29 is 9.53 Å². The number of ether oxygens (including phenoxy) is 1. The van der Waals surface area contributed by atoms with Gasteiger partial charge in [-0.2, -0.15) is 0 Å². The van der Waals surface area contributed by atoms with Gasteiger partial charge in [-0.25, -0.2) is 4.68 Å². The Kier molecular flexibility index (Phi) is 4.58. The summed E-state index contributed by atoms with van der Waals surface area (Å²) in [6, 6.07) is 13.7. The SMILES string of the molecule is COc1cccc(C2CCCN2C(=O)c2ccc(-n3cnnn3)c(C)c2)c1. The zero-order valence-corrected chi connectivity index (χ0v) is 15.4. The van der Waals surface area contributed by atoms with Gasteiger partial charge in [0.15, 0.2) is 0 Å². The van der Waals surface area contributed by atoms with E-state index in [1.165, 1.54) is 0 Å². The highest BCUT2D eigenvalue weighted by molar-refractivity contribution is 5.95. The summed E-state index contributed by atoms with van der Waals surface area (Å²) in [6.45, 7) is 2.71. The number of methoxy groups -OCH3 is 1. The average molecular weight is 363 g/mol. The molecule has 1 saturated heterocycles. The van der Waals surface area contributed by atoms with Gasteiger partial charge in [-0.1, -0.05) is 12.1 Å². The molecule has 1 aromatic heterocycles. The Balaban J connectivity index is 1.60. The molecule has 2 aromatic carbocycles. The molecule has 7 heteroatoms. The van der Waals surface area contributed by atoms with Gasteiger partial charge in [0.2, 0.25) is 0 Å². The van der Waals surface area contributed by atoms with Crippen LogP contribution in [0.15, 0.2) is 48.8 Å². The predicted octanol–water partition coefficient (Wildman–Crippen LogP) is 2.96. The fourth-order valence-corrected chi connectivity index (χ4v) is 3.69. The number of carbonyl (C=O) groups is 1. The van der Waals surface area contributed by atoms with E-state index in [2.05, 4.69) is 21.6 Å². The molecule has 1 aliphatic rings. The molecule has 0 bridgehead atoms. The van der Waals surface area contributed by atoms with E-state index >= 15 is 0 Å². The highest BCUT2D eigenvalue weighted by atomic mass is 16.5. The zero-order valence-electron chi connectivity index (χ0n) is 15.4. The Labute approximate surface area is 157 Å². The molecule has 3 aromatic rings. The van der Waals surface area contributed by atoms with Crippen molar-refractivity contribution >= 4 is 5.91 Å². The number of hydrogen-bond donors (Lipinski definition) is 0. The van der Waals surface area contributed by atoms with Crippen LogP contribution in [-0.2, 0) is 0 Å². The monoisotopic (exact) mass is 363 g/mol. The Morgan fingerprint density at radius 3 is 2.85 bits per heavy atom. The molecular weight excluding hydrogens is 342 g/mol. The summed E-state index contributed by atoms with van der Waals surface area (Å²) >= 11 is 0. The minimum Gasteiger partial charge on any atom is -0.497 e. The second-order valence-electron chi connectivity index (χ2n) is 6.69. The first-order chi connectivity index (χ1) is 13.2. The Morgan fingerprint density at radius 1 is 1.22 bits per heavy atom. The van der Waals surface area contributed by atoms with E-state index < -0.39 is 0 Å². The quantitative estimate of drug-likeness (QED) is 0.712. The summed E-state index contributed by atoms with van der Waals surface area (Å²) < 4.78 is 6.93. The molecule has 7 nitrogen and oxygen atoms in total. The molecule has 4 rings (SSSR count). The Morgan fingerprint density at radius 2 is 2.11 bits per heavy atom. The van der Waals surface area contributed by atoms with Crippen LogP contribution >= 0.6 is 0 Å². The number of rotatable bonds is 4. The molecule has 1 unspecified atom stereocenters. The van der Waals surface area contributed by atoms with E-state index in [4.69, 9.17) is 4.74 Å². The maximum absolute atomic E-state index is 13.2. The fourth-order valence-electron chi connectivity index (χ4n) is 3.69. The number of amides is 1. The normalized spacial score (nSPS) is 16.5. The topological polar surface area (TPSA) is 73.1 Å². The summed E-state index contributed by atoms with van der Waals surface area (Å²) in [5.74, 6) is 0.861. The molecule has 27 heavy (non-hydrogen) atoms. The maximum atomic E-state index is 13.2. The molecule has 1 atom stereocenters. The second-order valence-corrected chi connectivity index (χ2v) is 6.69. The van der Waals surface area contributed by atoms with Crippen LogP contribution in [0, 0.1) is 6.92 Å². The van der Waals surface area contributed by atoms with Crippen molar-refractivity contribution in [1.29, 1.82) is 0 Å². The van der Waals surface area contributed by atoms with Crippen molar-refractivity contribution in [3.05, 3.63) is 65.5 Å². The number of carbonyl (C=O) groups excluding carboxylic acids is 1. The third-order valence-electron chi connectivity index (χ3n) is 5.03. The summed E-state index contributed by atoms with van der Waals surface area (Å²) in [5.41, 5.74) is 3.61. The molecule has 138 valence electrons. The van der Waals surface area contributed by atoms with Crippen LogP contribution in [0.4, 0.5) is 0 Å². The predicted molar refractivity (Wildman–Crippen MR) is 99.9 cm³/mol. The minimum atomic E-state index is 0.0479. The molecule has 0 aliphatic carbocycles. The van der Waals surface area contributed by atoms with Crippen LogP contribution in [-0.4, -0.2) is 44.7 Å². The van der Waals surface area contributed by atoms with Gasteiger partial charge in [-0.3, -0.25) is 4.79 Å². The second kappa shape index (κ2) is 7.19. The van der Waals surface area contributed by atoms with Crippen molar-refractivity contribution in [3.8, 4) is 11.4 Å². The molecule has 0 radical (unpaired) electrons. The Hall–Kier alpha value is -3.22. The van der Waals surface area contributed by atoms with E-state index in [9.17, 15) is 4.79 Å². The van der Waals surface area contributed by atoms with E-state index in [1.807, 2.05) is 48.2 Å². The van der Waals surface area contributed by atoms with Crippen LogP contribution in [0.25, 0.3) is 5.69 Å². The lowest BCUT2D eigenvalue weighted by Gasteiger charge is -2.26. The first-order valence-corrected chi connectivity index (χ1v) is 8.96. The number of aromatic nitrogens is 4. The maximum Gasteiger partial charge on any atom is 0.254 e. The first kappa shape index (κ1) is 17.2. The average Bonchev–Trinajstić information content (AvgIpc) is 3.39. The highest BCUT2D eigenvalue weighted by Gasteiger charge is 2.31. The largest absolute Gasteiger partial charge is 0.497 e. The van der Waals surface area contributed by atoms with Crippen molar-refractivity contribution in [3.63, 3.8) is 0 Å². The van der Waals surface area contributed by atoms with Gasteiger partial charge < -0.3 is 9.64 Å². The molecule has 2 heterocycles. The van der Waals surface area contributed by atoms with Gasteiger partial charge in [-0.15, -0.1) is 5.10 Å². The fraction of sp³-hybridized carbons (Fsp3) is 0.300. The van der Waals surface area contributed by atoms with Crippen LogP contribution in [0.3, 0.4) is 0 Å². The number of aryl methyl sites for hydroxylation is 1. The Bertz CT molecular complexity index is 955. The zero-order chi connectivity index (χ0) is 18.8. The third kappa shape index (κ3) is 3.28. The molecule has 0 spiro atoms. The number of nitrogens with zero attached hydrogens (tertiary/aromatic N) is 5. The van der Waals surface area contributed by atoms with Gasteiger partial charge in [0, 0.05) is 12.1 Å². The van der Waals surface area contributed by atoms with Crippen LogP contribution in [0.2, 0.25) is 0 Å². The summed E-state index contributed by atoms with van der Waals surface area (Å²) in [4.78, 5) is 15.1. The molecule has 0 saturated carbocycles. The first-order valence-electron chi connectivity index (χ1n) is 8.96. The van der Waals surface area contributed by atoms with Crippen LogP contribution < -0.4 is 4.74 Å². The third-order valence-corrected chi connectivity index (χ3v) is 5.03. The van der Waals surface area contributed by atoms with Crippen molar-refractivity contribution in [2.45, 2.75) is 25.8 Å². The van der Waals surface area contributed by atoms with Crippen LogP contribution in [0.1, 0.15) is 40.4 Å².